The number of hydrogen-bond acceptors (Lipinski definition) is 4. The van der Waals surface area contributed by atoms with Crippen LogP contribution in [0.4, 0.5) is 0 Å². The van der Waals surface area contributed by atoms with Gasteiger partial charge in [0.1, 0.15) is 11.5 Å². The van der Waals surface area contributed by atoms with E-state index in [2.05, 4.69) is 5.32 Å². The maximum absolute atomic E-state index is 12.3. The van der Waals surface area contributed by atoms with Crippen LogP contribution in [0, 0.1) is 5.41 Å². The number of carbonyl (C=O) groups is 1. The number of benzene rings is 1. The Morgan fingerprint density at radius 3 is 2.58 bits per heavy atom. The molecule has 0 aliphatic heterocycles. The van der Waals surface area contributed by atoms with Crippen molar-refractivity contribution >= 4 is 5.91 Å². The molecule has 1 amide bonds. The summed E-state index contributed by atoms with van der Waals surface area (Å²) in [6.45, 7) is 1.19. The van der Waals surface area contributed by atoms with Crippen LogP contribution in [0.15, 0.2) is 18.2 Å². The molecule has 0 saturated heterocycles. The third kappa shape index (κ3) is 4.87. The van der Waals surface area contributed by atoms with E-state index in [9.17, 15) is 4.79 Å². The van der Waals surface area contributed by atoms with Crippen LogP contribution < -0.4 is 20.5 Å². The van der Waals surface area contributed by atoms with E-state index >= 15 is 0 Å². The van der Waals surface area contributed by atoms with E-state index in [0.29, 0.717) is 25.9 Å². The van der Waals surface area contributed by atoms with E-state index in [1.54, 1.807) is 14.2 Å². The highest BCUT2D eigenvalue weighted by atomic mass is 16.5. The van der Waals surface area contributed by atoms with Crippen molar-refractivity contribution < 1.29 is 14.3 Å². The number of carbonyl (C=O) groups excluding carboxylic acids is 1. The van der Waals surface area contributed by atoms with Crippen molar-refractivity contribution in [2.45, 2.75) is 44.9 Å². The Bertz CT molecular complexity index is 539. The molecule has 0 aromatic heterocycles. The second-order valence-corrected chi connectivity index (χ2v) is 6.72. The van der Waals surface area contributed by atoms with Crippen molar-refractivity contribution in [3.63, 3.8) is 0 Å². The first kappa shape index (κ1) is 18.6. The quantitative estimate of drug-likeness (QED) is 0.766. The first-order valence-corrected chi connectivity index (χ1v) is 8.80. The lowest BCUT2D eigenvalue weighted by Crippen LogP contribution is -2.39. The molecule has 5 heteroatoms. The van der Waals surface area contributed by atoms with Gasteiger partial charge >= 0.3 is 0 Å². The van der Waals surface area contributed by atoms with Gasteiger partial charge in [0, 0.05) is 13.0 Å². The lowest BCUT2D eigenvalue weighted by Gasteiger charge is -2.35. The van der Waals surface area contributed by atoms with Crippen LogP contribution in [0.5, 0.6) is 11.5 Å². The molecular weight excluding hydrogens is 304 g/mol. The number of rotatable bonds is 8. The van der Waals surface area contributed by atoms with Gasteiger partial charge < -0.3 is 20.5 Å². The zero-order valence-corrected chi connectivity index (χ0v) is 14.9. The zero-order chi connectivity index (χ0) is 17.4. The number of methoxy groups -OCH3 is 2. The number of ether oxygens (including phenoxy) is 2. The summed E-state index contributed by atoms with van der Waals surface area (Å²) in [4.78, 5) is 12.3. The van der Waals surface area contributed by atoms with Crippen molar-refractivity contribution in [2.75, 3.05) is 27.3 Å². The fourth-order valence-electron chi connectivity index (χ4n) is 3.57. The molecule has 0 atom stereocenters. The first-order chi connectivity index (χ1) is 11.6. The minimum absolute atomic E-state index is 0.00991. The van der Waals surface area contributed by atoms with Crippen molar-refractivity contribution in [1.82, 2.24) is 5.32 Å². The van der Waals surface area contributed by atoms with Gasteiger partial charge in [0.25, 0.3) is 0 Å². The van der Waals surface area contributed by atoms with Gasteiger partial charge in [-0.15, -0.1) is 0 Å². The van der Waals surface area contributed by atoms with Gasteiger partial charge in [0.15, 0.2) is 0 Å². The second kappa shape index (κ2) is 8.92. The number of nitrogens with one attached hydrogen (secondary N) is 1. The van der Waals surface area contributed by atoms with Crippen LogP contribution >= 0.6 is 0 Å². The summed E-state index contributed by atoms with van der Waals surface area (Å²) in [6.07, 6.45) is 7.03. The summed E-state index contributed by atoms with van der Waals surface area (Å²) in [5.74, 6) is 1.71. The monoisotopic (exact) mass is 334 g/mol. The van der Waals surface area contributed by atoms with Crippen molar-refractivity contribution in [1.29, 1.82) is 0 Å². The van der Waals surface area contributed by atoms with E-state index in [0.717, 1.165) is 29.9 Å². The van der Waals surface area contributed by atoms with Crippen LogP contribution in [0.25, 0.3) is 0 Å². The molecule has 5 nitrogen and oxygen atoms in total. The van der Waals surface area contributed by atoms with Crippen LogP contribution in [0.3, 0.4) is 0 Å². The Morgan fingerprint density at radius 2 is 1.96 bits per heavy atom. The predicted octanol–water partition coefficient (Wildman–Crippen LogP) is 2.66. The molecule has 0 heterocycles. The van der Waals surface area contributed by atoms with E-state index in [4.69, 9.17) is 15.2 Å². The van der Waals surface area contributed by atoms with Gasteiger partial charge in [0.2, 0.25) is 5.91 Å². The summed E-state index contributed by atoms with van der Waals surface area (Å²) in [7, 11) is 3.29. The Kier molecular flexibility index (Phi) is 6.91. The van der Waals surface area contributed by atoms with Gasteiger partial charge in [0.05, 0.1) is 14.2 Å². The number of nitrogens with two attached hydrogens (primary N) is 1. The van der Waals surface area contributed by atoms with Crippen LogP contribution in [0.2, 0.25) is 0 Å². The predicted molar refractivity (Wildman–Crippen MR) is 95.4 cm³/mol. The zero-order valence-electron chi connectivity index (χ0n) is 14.9. The summed E-state index contributed by atoms with van der Waals surface area (Å²) in [5, 5.41) is 3.04. The topological polar surface area (TPSA) is 73.6 Å². The SMILES string of the molecule is COc1ccc(OC)c(CCNC(=O)CC2(CN)CCCCC2)c1. The molecule has 1 fully saturated rings. The van der Waals surface area contributed by atoms with Crippen molar-refractivity contribution in [3.8, 4) is 11.5 Å². The van der Waals surface area contributed by atoms with E-state index < -0.39 is 0 Å². The average Bonchev–Trinajstić information content (AvgIpc) is 2.62. The van der Waals surface area contributed by atoms with E-state index in [1.807, 2.05) is 18.2 Å². The fraction of sp³-hybridized carbons (Fsp3) is 0.632. The maximum atomic E-state index is 12.3. The van der Waals surface area contributed by atoms with Crippen LogP contribution in [-0.4, -0.2) is 33.2 Å². The largest absolute Gasteiger partial charge is 0.497 e. The van der Waals surface area contributed by atoms with E-state index in [-0.39, 0.29) is 11.3 Å². The molecule has 1 saturated carbocycles. The van der Waals surface area contributed by atoms with Crippen LogP contribution in [0.1, 0.15) is 44.1 Å². The van der Waals surface area contributed by atoms with Crippen molar-refractivity contribution in [3.05, 3.63) is 23.8 Å². The molecule has 0 bridgehead atoms. The molecule has 0 unspecified atom stereocenters. The number of hydrogen-bond donors (Lipinski definition) is 2. The lowest BCUT2D eigenvalue weighted by molar-refractivity contribution is -0.123. The highest BCUT2D eigenvalue weighted by Gasteiger charge is 2.32. The summed E-state index contributed by atoms with van der Waals surface area (Å²) in [5.41, 5.74) is 7.01. The Balaban J connectivity index is 1.86. The number of amides is 1. The Hall–Kier alpha value is -1.75. The Morgan fingerprint density at radius 1 is 1.21 bits per heavy atom. The fourth-order valence-corrected chi connectivity index (χ4v) is 3.57. The molecular formula is C19H30N2O3. The highest BCUT2D eigenvalue weighted by Crippen LogP contribution is 2.38. The second-order valence-electron chi connectivity index (χ2n) is 6.72. The minimum atomic E-state index is 0.00991. The minimum Gasteiger partial charge on any atom is -0.497 e. The smallest absolute Gasteiger partial charge is 0.220 e. The normalized spacial score (nSPS) is 16.5. The molecule has 1 aliphatic carbocycles. The van der Waals surface area contributed by atoms with Crippen molar-refractivity contribution in [2.24, 2.45) is 11.1 Å². The molecule has 24 heavy (non-hydrogen) atoms. The average molecular weight is 334 g/mol. The van der Waals surface area contributed by atoms with Crippen LogP contribution in [-0.2, 0) is 11.2 Å². The van der Waals surface area contributed by atoms with Gasteiger partial charge in [-0.3, -0.25) is 4.79 Å². The third-order valence-corrected chi connectivity index (χ3v) is 5.09. The molecule has 1 aromatic rings. The van der Waals surface area contributed by atoms with Gasteiger partial charge in [-0.05, 0) is 55.0 Å². The molecule has 2 rings (SSSR count). The Labute approximate surface area is 144 Å². The summed E-state index contributed by atoms with van der Waals surface area (Å²) < 4.78 is 10.6. The first-order valence-electron chi connectivity index (χ1n) is 8.80. The maximum Gasteiger partial charge on any atom is 0.220 e. The molecule has 1 aromatic carbocycles. The molecule has 3 N–H and O–H groups in total. The molecule has 0 spiro atoms. The highest BCUT2D eigenvalue weighted by molar-refractivity contribution is 5.76. The van der Waals surface area contributed by atoms with Gasteiger partial charge in [-0.2, -0.15) is 0 Å². The lowest BCUT2D eigenvalue weighted by atomic mass is 9.71. The summed E-state index contributed by atoms with van der Waals surface area (Å²) >= 11 is 0. The molecule has 1 aliphatic rings. The van der Waals surface area contributed by atoms with E-state index in [1.165, 1.54) is 19.3 Å². The van der Waals surface area contributed by atoms with Gasteiger partial charge in [-0.1, -0.05) is 19.3 Å². The van der Waals surface area contributed by atoms with Gasteiger partial charge in [-0.25, -0.2) is 0 Å². The summed E-state index contributed by atoms with van der Waals surface area (Å²) in [6, 6.07) is 5.71. The molecule has 134 valence electrons. The molecule has 0 radical (unpaired) electrons. The third-order valence-electron chi connectivity index (χ3n) is 5.09. The standard InChI is InChI=1S/C19H30N2O3/c1-23-16-6-7-17(24-2)15(12-16)8-11-21-18(22)13-19(14-20)9-4-3-5-10-19/h6-7,12H,3-5,8-11,13-14,20H2,1-2H3,(H,21,22).